The molecule has 142 valence electrons. The predicted molar refractivity (Wildman–Crippen MR) is 99.3 cm³/mol. The number of sulfonamides is 1. The Hall–Kier alpha value is -2.74. The Bertz CT molecular complexity index is 991. The fraction of sp³-hybridized carbons (Fsp3) is 0.263. The van der Waals surface area contributed by atoms with Crippen LogP contribution in [0.5, 0.6) is 0 Å². The van der Waals surface area contributed by atoms with E-state index in [0.717, 1.165) is 4.31 Å². The summed E-state index contributed by atoms with van der Waals surface area (Å²) in [7, 11) is -3.73. The lowest BCUT2D eigenvalue weighted by Crippen LogP contribution is -2.31. The Kier molecular flexibility index (Phi) is 5.27. The summed E-state index contributed by atoms with van der Waals surface area (Å²) < 4.78 is 38.7. The van der Waals surface area contributed by atoms with E-state index in [0.29, 0.717) is 12.0 Å². The van der Waals surface area contributed by atoms with Crippen molar-refractivity contribution < 1.29 is 22.4 Å². The van der Waals surface area contributed by atoms with Crippen LogP contribution < -0.4 is 9.62 Å². The van der Waals surface area contributed by atoms with Gasteiger partial charge in [-0.05, 0) is 36.2 Å². The van der Waals surface area contributed by atoms with Gasteiger partial charge in [-0.2, -0.15) is 0 Å². The highest BCUT2D eigenvalue weighted by molar-refractivity contribution is 7.94. The summed E-state index contributed by atoms with van der Waals surface area (Å²) in [6, 6.07) is 12.2. The van der Waals surface area contributed by atoms with Crippen molar-refractivity contribution in [2.75, 3.05) is 16.6 Å². The molecule has 1 aliphatic heterocycles. The third-order valence-corrected chi connectivity index (χ3v) is 6.21. The van der Waals surface area contributed by atoms with Crippen LogP contribution in [0.2, 0.25) is 0 Å². The summed E-state index contributed by atoms with van der Waals surface area (Å²) >= 11 is 0. The minimum atomic E-state index is -3.73. The molecule has 8 heteroatoms. The van der Waals surface area contributed by atoms with Crippen molar-refractivity contribution in [2.24, 2.45) is 5.92 Å². The van der Waals surface area contributed by atoms with Gasteiger partial charge in [0, 0.05) is 12.1 Å². The zero-order valence-corrected chi connectivity index (χ0v) is 15.5. The first-order valence-electron chi connectivity index (χ1n) is 8.48. The van der Waals surface area contributed by atoms with Crippen LogP contribution in [0.25, 0.3) is 0 Å². The third-order valence-electron chi connectivity index (χ3n) is 4.34. The molecular formula is C19H19FN2O4S. The standard InChI is InChI=1S/C19H19FN2O4S/c1-13-12-27(25,26)22(19(13)24)16-7-4-6-15(11-16)18(23)21-10-9-14-5-2-3-8-17(14)20/h2-8,11,13H,9-10,12H2,1H3,(H,21,23). The van der Waals surface area contributed by atoms with E-state index in [-0.39, 0.29) is 29.4 Å². The summed E-state index contributed by atoms with van der Waals surface area (Å²) in [5.41, 5.74) is 0.865. The molecule has 2 aromatic rings. The van der Waals surface area contributed by atoms with E-state index in [1.165, 1.54) is 30.3 Å². The predicted octanol–water partition coefficient (Wildman–Crippen LogP) is 2.11. The Morgan fingerprint density at radius 2 is 1.96 bits per heavy atom. The van der Waals surface area contributed by atoms with Crippen LogP contribution in [0.15, 0.2) is 48.5 Å². The average molecular weight is 390 g/mol. The molecule has 0 aromatic heterocycles. The van der Waals surface area contributed by atoms with Gasteiger partial charge in [-0.15, -0.1) is 0 Å². The first-order chi connectivity index (χ1) is 12.8. The average Bonchev–Trinajstić information content (AvgIpc) is 2.83. The number of benzene rings is 2. The smallest absolute Gasteiger partial charge is 0.251 e. The molecule has 3 rings (SSSR count). The van der Waals surface area contributed by atoms with Crippen molar-refractivity contribution >= 4 is 27.5 Å². The molecule has 6 nitrogen and oxygen atoms in total. The van der Waals surface area contributed by atoms with Crippen LogP contribution in [0.4, 0.5) is 10.1 Å². The summed E-state index contributed by atoms with van der Waals surface area (Å²) in [6.07, 6.45) is 0.328. The second-order valence-corrected chi connectivity index (χ2v) is 8.29. The molecule has 0 radical (unpaired) electrons. The number of hydrogen-bond donors (Lipinski definition) is 1. The molecule has 2 aromatic carbocycles. The number of nitrogens with one attached hydrogen (secondary N) is 1. The molecule has 0 bridgehead atoms. The molecule has 27 heavy (non-hydrogen) atoms. The lowest BCUT2D eigenvalue weighted by molar-refractivity contribution is -0.119. The molecule has 1 fully saturated rings. The van der Waals surface area contributed by atoms with Crippen LogP contribution in [0.3, 0.4) is 0 Å². The SMILES string of the molecule is CC1CS(=O)(=O)N(c2cccc(C(=O)NCCc3ccccc3F)c2)C1=O. The maximum Gasteiger partial charge on any atom is 0.251 e. The van der Waals surface area contributed by atoms with Crippen LogP contribution in [-0.4, -0.2) is 32.5 Å². The number of hydrogen-bond acceptors (Lipinski definition) is 4. The molecule has 0 spiro atoms. The van der Waals surface area contributed by atoms with Gasteiger partial charge in [-0.3, -0.25) is 9.59 Å². The molecule has 0 saturated carbocycles. The molecule has 1 heterocycles. The van der Waals surface area contributed by atoms with Crippen molar-refractivity contribution in [3.63, 3.8) is 0 Å². The van der Waals surface area contributed by atoms with Gasteiger partial charge in [0.25, 0.3) is 5.91 Å². The van der Waals surface area contributed by atoms with Crippen molar-refractivity contribution in [2.45, 2.75) is 13.3 Å². The molecule has 0 aliphatic carbocycles. The maximum absolute atomic E-state index is 13.6. The topological polar surface area (TPSA) is 83.6 Å². The zero-order valence-electron chi connectivity index (χ0n) is 14.7. The van der Waals surface area contributed by atoms with E-state index >= 15 is 0 Å². The highest BCUT2D eigenvalue weighted by Crippen LogP contribution is 2.28. The molecule has 1 N–H and O–H groups in total. The first kappa shape index (κ1) is 19.0. The normalized spacial score (nSPS) is 18.5. The lowest BCUT2D eigenvalue weighted by atomic mass is 10.1. The lowest BCUT2D eigenvalue weighted by Gasteiger charge is -2.16. The number of carbonyl (C=O) groups excluding carboxylic acids is 2. The molecule has 1 unspecified atom stereocenters. The number of amides is 2. The minimum absolute atomic E-state index is 0.145. The van der Waals surface area contributed by atoms with Crippen molar-refractivity contribution in [3.8, 4) is 0 Å². The van der Waals surface area contributed by atoms with Crippen LogP contribution in [-0.2, 0) is 21.2 Å². The van der Waals surface area contributed by atoms with E-state index in [1.807, 2.05) is 0 Å². The Morgan fingerprint density at radius 1 is 1.22 bits per heavy atom. The number of rotatable bonds is 5. The first-order valence-corrected chi connectivity index (χ1v) is 10.1. The minimum Gasteiger partial charge on any atom is -0.352 e. The van der Waals surface area contributed by atoms with Gasteiger partial charge in [0.2, 0.25) is 15.9 Å². The van der Waals surface area contributed by atoms with Gasteiger partial charge < -0.3 is 5.32 Å². The van der Waals surface area contributed by atoms with Crippen molar-refractivity contribution in [3.05, 3.63) is 65.5 Å². The highest BCUT2D eigenvalue weighted by Gasteiger charge is 2.42. The summed E-state index contributed by atoms with van der Waals surface area (Å²) in [4.78, 5) is 24.5. The van der Waals surface area contributed by atoms with Crippen molar-refractivity contribution in [1.29, 1.82) is 0 Å². The van der Waals surface area contributed by atoms with Gasteiger partial charge in [-0.25, -0.2) is 17.1 Å². The molecule has 1 atom stereocenters. The van der Waals surface area contributed by atoms with Crippen LogP contribution in [0, 0.1) is 11.7 Å². The van der Waals surface area contributed by atoms with Crippen molar-refractivity contribution in [1.82, 2.24) is 5.32 Å². The van der Waals surface area contributed by atoms with E-state index in [1.54, 1.807) is 25.1 Å². The number of anilines is 1. The van der Waals surface area contributed by atoms with E-state index in [9.17, 15) is 22.4 Å². The van der Waals surface area contributed by atoms with Crippen LogP contribution in [0.1, 0.15) is 22.8 Å². The monoisotopic (exact) mass is 390 g/mol. The van der Waals surface area contributed by atoms with Gasteiger partial charge in [0.1, 0.15) is 5.82 Å². The number of nitrogens with zero attached hydrogens (tertiary/aromatic N) is 1. The van der Waals surface area contributed by atoms with Gasteiger partial charge in [-0.1, -0.05) is 31.2 Å². The molecule has 2 amide bonds. The van der Waals surface area contributed by atoms with Crippen LogP contribution >= 0.6 is 0 Å². The maximum atomic E-state index is 13.6. The van der Waals surface area contributed by atoms with E-state index in [2.05, 4.69) is 5.32 Å². The molecule has 1 saturated heterocycles. The number of halogens is 1. The van der Waals surface area contributed by atoms with Gasteiger partial charge in [0.05, 0.1) is 17.4 Å². The van der Waals surface area contributed by atoms with E-state index in [4.69, 9.17) is 0 Å². The third kappa shape index (κ3) is 4.00. The second kappa shape index (κ2) is 7.48. The van der Waals surface area contributed by atoms with Gasteiger partial charge in [0.15, 0.2) is 0 Å². The largest absolute Gasteiger partial charge is 0.352 e. The number of carbonyl (C=O) groups is 2. The summed E-state index contributed by atoms with van der Waals surface area (Å²) in [5.74, 6) is -2.13. The summed E-state index contributed by atoms with van der Waals surface area (Å²) in [5, 5.41) is 2.67. The Morgan fingerprint density at radius 3 is 2.63 bits per heavy atom. The Balaban J connectivity index is 1.71. The summed E-state index contributed by atoms with van der Waals surface area (Å²) in [6.45, 7) is 1.78. The fourth-order valence-corrected chi connectivity index (χ4v) is 4.79. The fourth-order valence-electron chi connectivity index (χ4n) is 2.97. The van der Waals surface area contributed by atoms with E-state index < -0.39 is 27.8 Å². The second-order valence-electron chi connectivity index (χ2n) is 6.43. The molecule has 1 aliphatic rings. The molecular weight excluding hydrogens is 371 g/mol. The van der Waals surface area contributed by atoms with Gasteiger partial charge >= 0.3 is 0 Å². The highest BCUT2D eigenvalue weighted by atomic mass is 32.2. The quantitative estimate of drug-likeness (QED) is 0.848. The zero-order chi connectivity index (χ0) is 19.6. The Labute approximate surface area is 157 Å².